The van der Waals surface area contributed by atoms with E-state index in [0.717, 1.165) is 51.9 Å². The topological polar surface area (TPSA) is 42.7 Å². The number of fused-ring (bicyclic) bond motifs is 5. The average Bonchev–Trinajstić information content (AvgIpc) is 3.45. The Morgan fingerprint density at radius 1 is 0.533 bits per heavy atom. The zero-order valence-electron chi connectivity index (χ0n) is 24.5. The molecule has 45 heavy (non-hydrogen) atoms. The highest BCUT2D eigenvalue weighted by molar-refractivity contribution is 6.12. The SMILES string of the molecule is C1=Cc2c(c3ccccc3n2-c2cccc(-c3cccc(-c4ccc(-c5c6ccccc6cc6ccccc56)cc4)n3)n2)NC1. The van der Waals surface area contributed by atoms with Crippen molar-refractivity contribution < 1.29 is 0 Å². The molecule has 0 atom stereocenters. The first kappa shape index (κ1) is 25.5. The number of para-hydroxylation sites is 1. The molecule has 0 amide bonds. The maximum Gasteiger partial charge on any atom is 0.138 e. The zero-order valence-corrected chi connectivity index (χ0v) is 24.5. The predicted octanol–water partition coefficient (Wildman–Crippen LogP) is 10.2. The Bertz CT molecular complexity index is 2380. The maximum atomic E-state index is 5.13. The highest BCUT2D eigenvalue weighted by atomic mass is 15.1. The minimum Gasteiger partial charge on any atom is -0.379 e. The second kappa shape index (κ2) is 10.3. The van der Waals surface area contributed by atoms with Crippen LogP contribution >= 0.6 is 0 Å². The standard InChI is InChI=1S/C41H28N4/c1-3-12-31-29(10-1)26-30-11-2-4-13-32(30)40(31)28-23-21-27(22-24-28)34-15-7-16-35(43-34)36-17-8-20-39(44-36)45-37-18-6-5-14-33(37)41-38(45)19-9-25-42-41/h1-24,26,42H,25H2. The van der Waals surface area contributed by atoms with Crippen LogP contribution in [0.1, 0.15) is 5.69 Å². The van der Waals surface area contributed by atoms with Gasteiger partial charge in [0.15, 0.2) is 0 Å². The van der Waals surface area contributed by atoms with Crippen molar-refractivity contribution in [3.8, 4) is 39.6 Å². The molecule has 4 heterocycles. The van der Waals surface area contributed by atoms with E-state index >= 15 is 0 Å². The van der Waals surface area contributed by atoms with Crippen LogP contribution in [0.2, 0.25) is 0 Å². The van der Waals surface area contributed by atoms with E-state index in [-0.39, 0.29) is 0 Å². The Morgan fingerprint density at radius 2 is 1.16 bits per heavy atom. The smallest absolute Gasteiger partial charge is 0.138 e. The number of benzene rings is 5. The fourth-order valence-electron chi connectivity index (χ4n) is 6.74. The molecule has 0 unspecified atom stereocenters. The summed E-state index contributed by atoms with van der Waals surface area (Å²) in [4.78, 5) is 10.2. The van der Waals surface area contributed by atoms with Crippen molar-refractivity contribution in [3.63, 3.8) is 0 Å². The zero-order chi connectivity index (χ0) is 29.7. The van der Waals surface area contributed by atoms with Crippen LogP contribution in [0.4, 0.5) is 5.69 Å². The van der Waals surface area contributed by atoms with Crippen LogP contribution in [0.3, 0.4) is 0 Å². The van der Waals surface area contributed by atoms with Crippen LogP contribution in [0.5, 0.6) is 0 Å². The molecule has 0 bridgehead atoms. The van der Waals surface area contributed by atoms with Gasteiger partial charge in [-0.1, -0.05) is 109 Å². The number of nitrogens with one attached hydrogen (secondary N) is 1. The van der Waals surface area contributed by atoms with E-state index in [4.69, 9.17) is 9.97 Å². The Morgan fingerprint density at radius 3 is 1.93 bits per heavy atom. The number of anilines is 1. The summed E-state index contributed by atoms with van der Waals surface area (Å²) in [5.74, 6) is 0.872. The molecule has 1 N–H and O–H groups in total. The van der Waals surface area contributed by atoms with Crippen molar-refractivity contribution in [2.75, 3.05) is 11.9 Å². The highest BCUT2D eigenvalue weighted by Crippen LogP contribution is 2.38. The minimum atomic E-state index is 0.824. The van der Waals surface area contributed by atoms with E-state index in [1.54, 1.807) is 0 Å². The Hall–Kier alpha value is -6.00. The lowest BCUT2D eigenvalue weighted by atomic mass is 9.91. The molecule has 8 aromatic rings. The molecule has 212 valence electrons. The molecule has 4 heteroatoms. The molecule has 0 saturated heterocycles. The van der Waals surface area contributed by atoms with Crippen molar-refractivity contribution in [3.05, 3.63) is 151 Å². The second-order valence-electron chi connectivity index (χ2n) is 11.5. The molecule has 0 fully saturated rings. The third kappa shape index (κ3) is 4.22. The normalized spacial score (nSPS) is 12.4. The molecule has 9 rings (SSSR count). The quantitative estimate of drug-likeness (QED) is 0.212. The minimum absolute atomic E-state index is 0.824. The monoisotopic (exact) mass is 576 g/mol. The predicted molar refractivity (Wildman–Crippen MR) is 188 cm³/mol. The van der Waals surface area contributed by atoms with E-state index in [2.05, 4.69) is 149 Å². The van der Waals surface area contributed by atoms with Gasteiger partial charge in [-0.2, -0.15) is 0 Å². The van der Waals surface area contributed by atoms with E-state index in [9.17, 15) is 0 Å². The van der Waals surface area contributed by atoms with Gasteiger partial charge in [0.2, 0.25) is 0 Å². The molecule has 1 aliphatic heterocycles. The molecule has 0 aliphatic carbocycles. The Labute approximate surface area is 261 Å². The fraction of sp³-hybridized carbons (Fsp3) is 0.0244. The summed E-state index contributed by atoms with van der Waals surface area (Å²) >= 11 is 0. The molecular weight excluding hydrogens is 548 g/mol. The first-order valence-corrected chi connectivity index (χ1v) is 15.3. The van der Waals surface area contributed by atoms with Crippen molar-refractivity contribution >= 4 is 44.2 Å². The molecule has 1 aliphatic rings. The summed E-state index contributed by atoms with van der Waals surface area (Å²) in [5.41, 5.74) is 9.55. The summed E-state index contributed by atoms with van der Waals surface area (Å²) in [7, 11) is 0. The molecule has 5 aromatic carbocycles. The molecule has 0 saturated carbocycles. The Balaban J connectivity index is 1.10. The van der Waals surface area contributed by atoms with Gasteiger partial charge >= 0.3 is 0 Å². The number of hydrogen-bond acceptors (Lipinski definition) is 3. The summed E-state index contributed by atoms with van der Waals surface area (Å²) in [6, 6.07) is 49.2. The van der Waals surface area contributed by atoms with Gasteiger partial charge < -0.3 is 5.32 Å². The van der Waals surface area contributed by atoms with Gasteiger partial charge in [0.1, 0.15) is 5.82 Å². The van der Waals surface area contributed by atoms with E-state index in [1.807, 2.05) is 12.1 Å². The Kier molecular flexibility index (Phi) is 5.85. The van der Waals surface area contributed by atoms with E-state index in [0.29, 0.717) is 0 Å². The maximum absolute atomic E-state index is 5.13. The van der Waals surface area contributed by atoms with Crippen LogP contribution < -0.4 is 5.32 Å². The summed E-state index contributed by atoms with van der Waals surface area (Å²) in [6.07, 6.45) is 4.34. The number of rotatable bonds is 4. The summed E-state index contributed by atoms with van der Waals surface area (Å²) < 4.78 is 2.23. The third-order valence-corrected chi connectivity index (χ3v) is 8.80. The van der Waals surface area contributed by atoms with Gasteiger partial charge in [-0.15, -0.1) is 0 Å². The molecule has 0 spiro atoms. The van der Waals surface area contributed by atoms with Gasteiger partial charge in [-0.25, -0.2) is 9.97 Å². The fourth-order valence-corrected chi connectivity index (χ4v) is 6.74. The highest BCUT2D eigenvalue weighted by Gasteiger charge is 2.19. The first-order valence-electron chi connectivity index (χ1n) is 15.3. The summed E-state index contributed by atoms with van der Waals surface area (Å²) in [6.45, 7) is 0.824. The van der Waals surface area contributed by atoms with Crippen molar-refractivity contribution in [1.82, 2.24) is 14.5 Å². The molecule has 3 aromatic heterocycles. The van der Waals surface area contributed by atoms with Crippen molar-refractivity contribution in [1.29, 1.82) is 0 Å². The van der Waals surface area contributed by atoms with E-state index < -0.39 is 0 Å². The van der Waals surface area contributed by atoms with Gasteiger partial charge in [0.25, 0.3) is 0 Å². The summed E-state index contributed by atoms with van der Waals surface area (Å²) in [5, 5.41) is 9.77. The lowest BCUT2D eigenvalue weighted by Crippen LogP contribution is -2.07. The van der Waals surface area contributed by atoms with Gasteiger partial charge in [-0.05, 0) is 75.1 Å². The second-order valence-corrected chi connectivity index (χ2v) is 11.5. The van der Waals surface area contributed by atoms with Gasteiger partial charge in [-0.3, -0.25) is 4.57 Å². The molecular formula is C41H28N4. The molecule has 0 radical (unpaired) electrons. The van der Waals surface area contributed by atoms with Crippen LogP contribution in [0.15, 0.2) is 146 Å². The lowest BCUT2D eigenvalue weighted by molar-refractivity contribution is 1.02. The van der Waals surface area contributed by atoms with Crippen LogP contribution in [0.25, 0.3) is 78.1 Å². The number of hydrogen-bond donors (Lipinski definition) is 1. The van der Waals surface area contributed by atoms with Crippen LogP contribution in [-0.2, 0) is 0 Å². The van der Waals surface area contributed by atoms with Gasteiger partial charge in [0.05, 0.1) is 34.0 Å². The number of aromatic nitrogens is 3. The van der Waals surface area contributed by atoms with Crippen molar-refractivity contribution in [2.24, 2.45) is 0 Å². The van der Waals surface area contributed by atoms with Crippen molar-refractivity contribution in [2.45, 2.75) is 0 Å². The van der Waals surface area contributed by atoms with E-state index in [1.165, 1.54) is 38.1 Å². The number of pyridine rings is 2. The largest absolute Gasteiger partial charge is 0.379 e. The first-order chi connectivity index (χ1) is 22.3. The van der Waals surface area contributed by atoms with Gasteiger partial charge in [0, 0.05) is 17.5 Å². The average molecular weight is 577 g/mol. The van der Waals surface area contributed by atoms with Crippen LogP contribution in [-0.4, -0.2) is 21.1 Å². The molecule has 4 nitrogen and oxygen atoms in total. The third-order valence-electron chi connectivity index (χ3n) is 8.80. The van der Waals surface area contributed by atoms with Crippen LogP contribution in [0, 0.1) is 0 Å². The lowest BCUT2D eigenvalue weighted by Gasteiger charge is -2.14. The number of nitrogens with zero attached hydrogens (tertiary/aromatic N) is 3.